The van der Waals surface area contributed by atoms with Crippen LogP contribution >= 0.6 is 0 Å². The van der Waals surface area contributed by atoms with E-state index in [4.69, 9.17) is 16.9 Å². The lowest BCUT2D eigenvalue weighted by Crippen LogP contribution is -2.48. The fourth-order valence-electron chi connectivity index (χ4n) is 2.45. The van der Waals surface area contributed by atoms with Gasteiger partial charge in [0, 0.05) is 31.9 Å². The van der Waals surface area contributed by atoms with Crippen molar-refractivity contribution in [1.82, 2.24) is 9.80 Å². The van der Waals surface area contributed by atoms with Gasteiger partial charge in [-0.15, -0.1) is 6.42 Å². The predicted octanol–water partition coefficient (Wildman–Crippen LogP) is 1.06. The molecular formula is C16H21N3O2. The van der Waals surface area contributed by atoms with Crippen LogP contribution in [0, 0.1) is 12.3 Å². The van der Waals surface area contributed by atoms with Crippen molar-refractivity contribution in [2.45, 2.75) is 6.92 Å². The second-order valence-corrected chi connectivity index (χ2v) is 4.93. The number of nitrogen functional groups attached to an aromatic ring is 1. The first kappa shape index (κ1) is 15.2. The molecule has 0 unspecified atom stereocenters. The molecule has 0 aromatic heterocycles. The second kappa shape index (κ2) is 7.00. The van der Waals surface area contributed by atoms with Crippen molar-refractivity contribution < 1.29 is 9.53 Å². The van der Waals surface area contributed by atoms with E-state index < -0.39 is 0 Å². The molecule has 1 aliphatic heterocycles. The third kappa shape index (κ3) is 3.47. The molecule has 0 atom stereocenters. The number of hydrogen-bond acceptors (Lipinski definition) is 4. The van der Waals surface area contributed by atoms with Crippen molar-refractivity contribution in [2.24, 2.45) is 0 Å². The maximum Gasteiger partial charge on any atom is 0.259 e. The summed E-state index contributed by atoms with van der Waals surface area (Å²) in [6, 6.07) is 5.30. The Morgan fingerprint density at radius 1 is 1.38 bits per heavy atom. The number of amides is 1. The van der Waals surface area contributed by atoms with Crippen LogP contribution in [0.25, 0.3) is 0 Å². The first-order valence-corrected chi connectivity index (χ1v) is 7.13. The molecule has 1 heterocycles. The summed E-state index contributed by atoms with van der Waals surface area (Å²) >= 11 is 0. The molecule has 0 bridgehead atoms. The first-order valence-electron chi connectivity index (χ1n) is 7.13. The summed E-state index contributed by atoms with van der Waals surface area (Å²) < 4.78 is 5.53. The molecule has 2 rings (SSSR count). The first-order chi connectivity index (χ1) is 10.2. The molecule has 1 fully saturated rings. The average molecular weight is 287 g/mol. The summed E-state index contributed by atoms with van der Waals surface area (Å²) in [5.74, 6) is 3.11. The van der Waals surface area contributed by atoms with Gasteiger partial charge in [-0.3, -0.25) is 9.69 Å². The van der Waals surface area contributed by atoms with Gasteiger partial charge in [-0.25, -0.2) is 0 Å². The molecule has 21 heavy (non-hydrogen) atoms. The Labute approximate surface area is 125 Å². The molecule has 1 amide bonds. The van der Waals surface area contributed by atoms with Crippen LogP contribution in [-0.4, -0.2) is 55.0 Å². The van der Waals surface area contributed by atoms with Gasteiger partial charge in [-0.1, -0.05) is 12.0 Å². The van der Waals surface area contributed by atoms with Gasteiger partial charge >= 0.3 is 0 Å². The smallest absolute Gasteiger partial charge is 0.259 e. The van der Waals surface area contributed by atoms with E-state index in [0.29, 0.717) is 43.2 Å². The van der Waals surface area contributed by atoms with Crippen LogP contribution in [0.3, 0.4) is 0 Å². The van der Waals surface area contributed by atoms with Crippen LogP contribution < -0.4 is 10.5 Å². The number of nitrogens with zero attached hydrogens (tertiary/aromatic N) is 2. The van der Waals surface area contributed by atoms with Crippen LogP contribution in [-0.2, 0) is 0 Å². The van der Waals surface area contributed by atoms with Crippen molar-refractivity contribution >= 4 is 11.6 Å². The fourth-order valence-corrected chi connectivity index (χ4v) is 2.45. The molecule has 1 saturated heterocycles. The highest BCUT2D eigenvalue weighted by atomic mass is 16.5. The lowest BCUT2D eigenvalue weighted by molar-refractivity contribution is 0.0649. The van der Waals surface area contributed by atoms with Crippen LogP contribution in [0.4, 0.5) is 5.69 Å². The molecule has 5 heteroatoms. The number of carbonyl (C=O) groups is 1. The Morgan fingerprint density at radius 3 is 2.71 bits per heavy atom. The standard InChI is InChI=1S/C16H21N3O2/c1-3-8-18-9-11-19(12-10-18)16(20)15-13(17)6-5-7-14(15)21-4-2/h1,5-7H,4,8-12,17H2,2H3. The number of benzene rings is 1. The van der Waals surface area contributed by atoms with E-state index >= 15 is 0 Å². The van der Waals surface area contributed by atoms with Crippen molar-refractivity contribution in [3.05, 3.63) is 23.8 Å². The Morgan fingerprint density at radius 2 is 2.10 bits per heavy atom. The lowest BCUT2D eigenvalue weighted by Gasteiger charge is -2.34. The van der Waals surface area contributed by atoms with Crippen LogP contribution in [0.2, 0.25) is 0 Å². The zero-order chi connectivity index (χ0) is 15.2. The number of hydrogen-bond donors (Lipinski definition) is 1. The van der Waals surface area contributed by atoms with Gasteiger partial charge in [-0.05, 0) is 19.1 Å². The van der Waals surface area contributed by atoms with E-state index in [2.05, 4.69) is 10.8 Å². The van der Waals surface area contributed by atoms with Crippen molar-refractivity contribution in [2.75, 3.05) is 45.1 Å². The number of piperazine rings is 1. The molecule has 112 valence electrons. The highest BCUT2D eigenvalue weighted by Gasteiger charge is 2.25. The number of terminal acetylenes is 1. The summed E-state index contributed by atoms with van der Waals surface area (Å²) in [4.78, 5) is 16.6. The molecule has 1 aromatic carbocycles. The predicted molar refractivity (Wildman–Crippen MR) is 83.2 cm³/mol. The summed E-state index contributed by atoms with van der Waals surface area (Å²) in [7, 11) is 0. The zero-order valence-corrected chi connectivity index (χ0v) is 12.3. The molecule has 0 spiro atoms. The third-order valence-electron chi connectivity index (χ3n) is 3.55. The maximum atomic E-state index is 12.7. The molecule has 5 nitrogen and oxygen atoms in total. The van der Waals surface area contributed by atoms with Gasteiger partial charge < -0.3 is 15.4 Å². The number of ether oxygens (including phenoxy) is 1. The topological polar surface area (TPSA) is 58.8 Å². The highest BCUT2D eigenvalue weighted by molar-refractivity contribution is 6.01. The quantitative estimate of drug-likeness (QED) is 0.664. The molecule has 0 radical (unpaired) electrons. The zero-order valence-electron chi connectivity index (χ0n) is 12.3. The van der Waals surface area contributed by atoms with Gasteiger partial charge in [0.25, 0.3) is 5.91 Å². The third-order valence-corrected chi connectivity index (χ3v) is 3.55. The molecule has 2 N–H and O–H groups in total. The van der Waals surface area contributed by atoms with E-state index in [1.54, 1.807) is 23.1 Å². The SMILES string of the molecule is C#CCN1CCN(C(=O)c2c(N)cccc2OCC)CC1. The van der Waals surface area contributed by atoms with Crippen LogP contribution in [0.5, 0.6) is 5.75 Å². The normalized spacial score (nSPS) is 15.5. The summed E-state index contributed by atoms with van der Waals surface area (Å²) in [6.07, 6.45) is 5.31. The van der Waals surface area contributed by atoms with Gasteiger partial charge in [0.15, 0.2) is 0 Å². The van der Waals surface area contributed by atoms with Crippen molar-refractivity contribution in [3.8, 4) is 18.1 Å². The monoisotopic (exact) mass is 287 g/mol. The van der Waals surface area contributed by atoms with E-state index in [9.17, 15) is 4.79 Å². The molecule has 0 aliphatic carbocycles. The van der Waals surface area contributed by atoms with E-state index in [1.165, 1.54) is 0 Å². The van der Waals surface area contributed by atoms with Gasteiger partial charge in [0.05, 0.1) is 13.2 Å². The molecule has 1 aliphatic rings. The Bertz CT molecular complexity index is 543. The summed E-state index contributed by atoms with van der Waals surface area (Å²) in [5, 5.41) is 0. The molecular weight excluding hydrogens is 266 g/mol. The highest BCUT2D eigenvalue weighted by Crippen LogP contribution is 2.26. The van der Waals surface area contributed by atoms with E-state index in [-0.39, 0.29) is 5.91 Å². The minimum Gasteiger partial charge on any atom is -0.493 e. The van der Waals surface area contributed by atoms with Gasteiger partial charge in [0.2, 0.25) is 0 Å². The Balaban J connectivity index is 2.13. The van der Waals surface area contributed by atoms with Gasteiger partial charge in [-0.2, -0.15) is 0 Å². The lowest BCUT2D eigenvalue weighted by atomic mass is 10.1. The minimum atomic E-state index is -0.0723. The van der Waals surface area contributed by atoms with E-state index in [0.717, 1.165) is 13.1 Å². The summed E-state index contributed by atoms with van der Waals surface area (Å²) in [5.41, 5.74) is 6.89. The fraction of sp³-hybridized carbons (Fsp3) is 0.438. The van der Waals surface area contributed by atoms with Crippen molar-refractivity contribution in [1.29, 1.82) is 0 Å². The number of anilines is 1. The maximum absolute atomic E-state index is 12.7. The minimum absolute atomic E-state index is 0.0723. The number of rotatable bonds is 4. The average Bonchev–Trinajstić information content (AvgIpc) is 2.48. The Hall–Kier alpha value is -2.19. The summed E-state index contributed by atoms with van der Waals surface area (Å²) in [6.45, 7) is 5.88. The van der Waals surface area contributed by atoms with Crippen LogP contribution in [0.15, 0.2) is 18.2 Å². The molecule has 1 aromatic rings. The van der Waals surface area contributed by atoms with Crippen molar-refractivity contribution in [3.63, 3.8) is 0 Å². The largest absolute Gasteiger partial charge is 0.493 e. The Kier molecular flexibility index (Phi) is 5.07. The number of nitrogens with two attached hydrogens (primary N) is 1. The van der Waals surface area contributed by atoms with Gasteiger partial charge in [0.1, 0.15) is 11.3 Å². The van der Waals surface area contributed by atoms with Crippen LogP contribution in [0.1, 0.15) is 17.3 Å². The number of carbonyl (C=O) groups excluding carboxylic acids is 1. The van der Waals surface area contributed by atoms with E-state index in [1.807, 2.05) is 6.92 Å². The second-order valence-electron chi connectivity index (χ2n) is 4.93. The molecule has 0 saturated carbocycles.